The quantitative estimate of drug-likeness (QED) is 0.476. The largest absolute Gasteiger partial charge is 0.349 e. The Morgan fingerprint density at radius 3 is 2.12 bits per heavy atom. The first-order chi connectivity index (χ1) is 3.89. The molecule has 0 radical (unpaired) electrons. The van der Waals surface area contributed by atoms with Gasteiger partial charge in [0.2, 0.25) is 0 Å². The normalized spacial score (nSPS) is 16.8. The Balaban J connectivity index is 2.58. The third-order valence-electron chi connectivity index (χ3n) is 0.819. The number of nitrogens with one attached hydrogen (secondary N) is 2. The van der Waals surface area contributed by atoms with E-state index in [1.165, 1.54) is 0 Å². The van der Waals surface area contributed by atoms with Crippen molar-refractivity contribution >= 4 is 0 Å². The van der Waals surface area contributed by atoms with Gasteiger partial charge >= 0.3 is 0 Å². The van der Waals surface area contributed by atoms with Gasteiger partial charge in [0.25, 0.3) is 0 Å². The van der Waals surface area contributed by atoms with Crippen LogP contribution in [0.15, 0.2) is 37.0 Å². The second kappa shape index (κ2) is 2.21. The van der Waals surface area contributed by atoms with Crippen LogP contribution >= 0.6 is 0 Å². The van der Waals surface area contributed by atoms with Crippen LogP contribution in [0.4, 0.5) is 0 Å². The van der Waals surface area contributed by atoms with Crippen LogP contribution in [-0.2, 0) is 0 Å². The third kappa shape index (κ3) is 1.15. The van der Waals surface area contributed by atoms with Crippen molar-refractivity contribution in [2.75, 3.05) is 0 Å². The van der Waals surface area contributed by atoms with Crippen molar-refractivity contribution in [2.45, 2.75) is 0 Å². The molecule has 0 bridgehead atoms. The molecule has 1 aliphatic rings. The van der Waals surface area contributed by atoms with E-state index in [-0.39, 0.29) is 0 Å². The Kier molecular flexibility index (Phi) is 1.37. The van der Waals surface area contributed by atoms with Crippen molar-refractivity contribution in [3.05, 3.63) is 37.0 Å². The fraction of sp³-hybridized carbons (Fsp3) is 0. The monoisotopic (exact) mass is 108 g/mol. The fourth-order valence-corrected chi connectivity index (χ4v) is 0.450. The first-order valence-electron chi connectivity index (χ1n) is 2.43. The van der Waals surface area contributed by atoms with Crippen molar-refractivity contribution in [1.82, 2.24) is 10.6 Å². The van der Waals surface area contributed by atoms with E-state index in [1.807, 2.05) is 24.6 Å². The van der Waals surface area contributed by atoms with E-state index in [0.717, 1.165) is 5.82 Å². The molecule has 0 fully saturated rings. The minimum Gasteiger partial charge on any atom is -0.349 e. The Morgan fingerprint density at radius 1 is 1.12 bits per heavy atom. The summed E-state index contributed by atoms with van der Waals surface area (Å²) >= 11 is 0. The molecule has 2 nitrogen and oxygen atoms in total. The van der Waals surface area contributed by atoms with E-state index in [0.29, 0.717) is 0 Å². The Labute approximate surface area is 48.6 Å². The van der Waals surface area contributed by atoms with Crippen molar-refractivity contribution in [3.63, 3.8) is 0 Å². The van der Waals surface area contributed by atoms with Crippen LogP contribution < -0.4 is 10.6 Å². The molecule has 0 saturated heterocycles. The zero-order valence-corrected chi connectivity index (χ0v) is 4.52. The standard InChI is InChI=1S/C6H8N2/c1-6-7-4-2-3-5-8-6/h2-5,7-8H,1H2. The van der Waals surface area contributed by atoms with E-state index in [2.05, 4.69) is 17.2 Å². The molecule has 0 unspecified atom stereocenters. The summed E-state index contributed by atoms with van der Waals surface area (Å²) in [5.74, 6) is 0.801. The van der Waals surface area contributed by atoms with Crippen LogP contribution in [0.2, 0.25) is 0 Å². The molecule has 2 N–H and O–H groups in total. The van der Waals surface area contributed by atoms with Gasteiger partial charge in [-0.1, -0.05) is 6.58 Å². The van der Waals surface area contributed by atoms with Gasteiger partial charge in [0.05, 0.1) is 5.82 Å². The molecule has 1 aliphatic heterocycles. The van der Waals surface area contributed by atoms with Gasteiger partial charge < -0.3 is 10.6 Å². The lowest BCUT2D eigenvalue weighted by molar-refractivity contribution is 0.929. The van der Waals surface area contributed by atoms with Crippen LogP contribution in [-0.4, -0.2) is 0 Å². The zero-order valence-electron chi connectivity index (χ0n) is 4.52. The van der Waals surface area contributed by atoms with Crippen molar-refractivity contribution < 1.29 is 0 Å². The van der Waals surface area contributed by atoms with Gasteiger partial charge in [0.1, 0.15) is 0 Å². The van der Waals surface area contributed by atoms with Crippen molar-refractivity contribution in [1.29, 1.82) is 0 Å². The first-order valence-corrected chi connectivity index (χ1v) is 2.43. The highest BCUT2D eigenvalue weighted by Gasteiger charge is 1.83. The molecule has 0 aromatic carbocycles. The highest BCUT2D eigenvalue weighted by atomic mass is 15.1. The number of rotatable bonds is 0. The highest BCUT2D eigenvalue weighted by molar-refractivity contribution is 5.11. The molecule has 42 valence electrons. The summed E-state index contributed by atoms with van der Waals surface area (Å²) in [5.41, 5.74) is 0. The number of hydrogen-bond donors (Lipinski definition) is 2. The lowest BCUT2D eigenvalue weighted by Crippen LogP contribution is -2.14. The van der Waals surface area contributed by atoms with Gasteiger partial charge in [-0.25, -0.2) is 0 Å². The van der Waals surface area contributed by atoms with Gasteiger partial charge in [-0.3, -0.25) is 0 Å². The minimum atomic E-state index is 0.801. The predicted octanol–water partition coefficient (Wildman–Crippen LogP) is 0.678. The molecule has 0 spiro atoms. The van der Waals surface area contributed by atoms with E-state index < -0.39 is 0 Å². The maximum Gasteiger partial charge on any atom is 0.0992 e. The fourth-order valence-electron chi connectivity index (χ4n) is 0.450. The Morgan fingerprint density at radius 2 is 1.62 bits per heavy atom. The smallest absolute Gasteiger partial charge is 0.0992 e. The molecule has 2 heteroatoms. The second-order valence-corrected chi connectivity index (χ2v) is 1.49. The van der Waals surface area contributed by atoms with E-state index in [4.69, 9.17) is 0 Å². The van der Waals surface area contributed by atoms with E-state index in [1.54, 1.807) is 0 Å². The summed E-state index contributed by atoms with van der Waals surface area (Å²) in [6.07, 6.45) is 7.42. The minimum absolute atomic E-state index is 0.801. The highest BCUT2D eigenvalue weighted by Crippen LogP contribution is 1.83. The molecule has 0 atom stereocenters. The molecule has 0 saturated carbocycles. The van der Waals surface area contributed by atoms with Crippen LogP contribution in [0.5, 0.6) is 0 Å². The molecular weight excluding hydrogens is 100 g/mol. The molecule has 8 heavy (non-hydrogen) atoms. The van der Waals surface area contributed by atoms with Gasteiger partial charge in [-0.15, -0.1) is 0 Å². The lowest BCUT2D eigenvalue weighted by atomic mass is 10.6. The molecule has 1 heterocycles. The van der Waals surface area contributed by atoms with Gasteiger partial charge in [0.15, 0.2) is 0 Å². The first kappa shape index (κ1) is 4.97. The molecule has 1 rings (SSSR count). The SMILES string of the molecule is C=C1NC=CC=CN1. The van der Waals surface area contributed by atoms with Crippen LogP contribution in [0.25, 0.3) is 0 Å². The molecule has 0 aliphatic carbocycles. The average molecular weight is 108 g/mol. The van der Waals surface area contributed by atoms with Crippen LogP contribution in [0.3, 0.4) is 0 Å². The number of hydrogen-bond acceptors (Lipinski definition) is 2. The maximum atomic E-state index is 3.65. The van der Waals surface area contributed by atoms with E-state index >= 15 is 0 Å². The Hall–Kier alpha value is -1.18. The second-order valence-electron chi connectivity index (χ2n) is 1.49. The topological polar surface area (TPSA) is 24.1 Å². The van der Waals surface area contributed by atoms with Gasteiger partial charge in [-0.2, -0.15) is 0 Å². The van der Waals surface area contributed by atoms with Crippen molar-refractivity contribution in [2.24, 2.45) is 0 Å². The molecule has 0 aromatic rings. The molecule has 0 amide bonds. The summed E-state index contributed by atoms with van der Waals surface area (Å²) in [4.78, 5) is 0. The summed E-state index contributed by atoms with van der Waals surface area (Å²) in [6, 6.07) is 0. The van der Waals surface area contributed by atoms with Gasteiger partial charge in [0, 0.05) is 12.4 Å². The van der Waals surface area contributed by atoms with E-state index in [9.17, 15) is 0 Å². The summed E-state index contributed by atoms with van der Waals surface area (Å²) in [6.45, 7) is 3.65. The summed E-state index contributed by atoms with van der Waals surface area (Å²) < 4.78 is 0. The number of allylic oxidation sites excluding steroid dienone is 2. The third-order valence-corrected chi connectivity index (χ3v) is 0.819. The lowest BCUT2D eigenvalue weighted by Gasteiger charge is -1.99. The summed E-state index contributed by atoms with van der Waals surface area (Å²) in [5, 5.41) is 5.79. The predicted molar refractivity (Wildman–Crippen MR) is 33.7 cm³/mol. The van der Waals surface area contributed by atoms with Gasteiger partial charge in [-0.05, 0) is 12.2 Å². The Bertz CT molecular complexity index is 129. The van der Waals surface area contributed by atoms with Crippen molar-refractivity contribution in [3.8, 4) is 0 Å². The van der Waals surface area contributed by atoms with Crippen LogP contribution in [0, 0.1) is 0 Å². The molecular formula is C6H8N2. The van der Waals surface area contributed by atoms with Crippen LogP contribution in [0.1, 0.15) is 0 Å². The summed E-state index contributed by atoms with van der Waals surface area (Å²) in [7, 11) is 0. The maximum absolute atomic E-state index is 3.65. The average Bonchev–Trinajstić information content (AvgIpc) is 1.94. The molecule has 0 aromatic heterocycles. The zero-order chi connectivity index (χ0) is 5.82.